The summed E-state index contributed by atoms with van der Waals surface area (Å²) in [5.74, 6) is -0.553. The molecule has 1 amide bonds. The number of nitrogens with zero attached hydrogens (tertiary/aromatic N) is 1. The molecule has 112 valence electrons. The van der Waals surface area contributed by atoms with Crippen LogP contribution in [0.2, 0.25) is 0 Å². The molecule has 0 radical (unpaired) electrons. The predicted molar refractivity (Wildman–Crippen MR) is 81.0 cm³/mol. The monoisotopic (exact) mass is 288 g/mol. The van der Waals surface area contributed by atoms with Crippen molar-refractivity contribution < 1.29 is 14.3 Å². The molecule has 1 aromatic rings. The Morgan fingerprint density at radius 2 is 1.81 bits per heavy atom. The molecule has 1 fully saturated rings. The first-order valence-electron chi connectivity index (χ1n) is 7.03. The fourth-order valence-corrected chi connectivity index (χ4v) is 2.34. The van der Waals surface area contributed by atoms with Gasteiger partial charge in [0, 0.05) is 30.5 Å². The van der Waals surface area contributed by atoms with Gasteiger partial charge >= 0.3 is 5.97 Å². The maximum Gasteiger partial charge on any atom is 0.337 e. The molecule has 1 aliphatic rings. The number of amides is 1. The number of nitrogens with one attached hydrogen (secondary N) is 1. The van der Waals surface area contributed by atoms with Gasteiger partial charge in [-0.1, -0.05) is 0 Å². The Kier molecular flexibility index (Phi) is 4.98. The van der Waals surface area contributed by atoms with E-state index in [4.69, 9.17) is 0 Å². The van der Waals surface area contributed by atoms with Crippen molar-refractivity contribution in [2.45, 2.75) is 19.8 Å². The lowest BCUT2D eigenvalue weighted by Crippen LogP contribution is -2.19. The molecule has 0 aromatic heterocycles. The van der Waals surface area contributed by atoms with Crippen molar-refractivity contribution in [2.75, 3.05) is 25.5 Å². The highest BCUT2D eigenvalue weighted by Gasteiger charge is 2.12. The average Bonchev–Trinajstić information content (AvgIpc) is 3.01. The number of carbonyl (C=O) groups excluding carboxylic acids is 2. The number of carbonyl (C=O) groups is 2. The van der Waals surface area contributed by atoms with Crippen molar-refractivity contribution >= 4 is 17.6 Å². The number of ether oxygens (including phenoxy) is 1. The summed E-state index contributed by atoms with van der Waals surface area (Å²) in [4.78, 5) is 25.5. The zero-order valence-electron chi connectivity index (χ0n) is 12.4. The van der Waals surface area contributed by atoms with Crippen LogP contribution in [0, 0.1) is 0 Å². The number of rotatable bonds is 4. The molecule has 0 saturated carbocycles. The zero-order chi connectivity index (χ0) is 15.2. The van der Waals surface area contributed by atoms with Gasteiger partial charge in [0.25, 0.3) is 0 Å². The fraction of sp³-hybridized carbons (Fsp3) is 0.375. The smallest absolute Gasteiger partial charge is 0.337 e. The lowest BCUT2D eigenvalue weighted by molar-refractivity contribution is -0.112. The van der Waals surface area contributed by atoms with E-state index >= 15 is 0 Å². The molecule has 1 aliphatic heterocycles. The summed E-state index contributed by atoms with van der Waals surface area (Å²) in [6, 6.07) is 6.61. The van der Waals surface area contributed by atoms with Gasteiger partial charge in [-0.25, -0.2) is 4.79 Å². The van der Waals surface area contributed by atoms with E-state index in [1.165, 1.54) is 20.0 Å². The Morgan fingerprint density at radius 1 is 1.19 bits per heavy atom. The van der Waals surface area contributed by atoms with Crippen molar-refractivity contribution in [1.82, 2.24) is 4.90 Å². The molecule has 0 aliphatic carbocycles. The van der Waals surface area contributed by atoms with E-state index in [-0.39, 0.29) is 5.91 Å². The number of esters is 1. The molecule has 1 saturated heterocycles. The Labute approximate surface area is 124 Å². The van der Waals surface area contributed by atoms with Gasteiger partial charge in [0.15, 0.2) is 0 Å². The number of hydrogen-bond donors (Lipinski definition) is 1. The first kappa shape index (κ1) is 15.1. The minimum atomic E-state index is -0.391. The van der Waals surface area contributed by atoms with E-state index < -0.39 is 5.97 Å². The molecule has 1 N–H and O–H groups in total. The maximum atomic E-state index is 11.9. The Hall–Kier alpha value is -2.30. The first-order valence-corrected chi connectivity index (χ1v) is 7.03. The summed E-state index contributed by atoms with van der Waals surface area (Å²) >= 11 is 0. The average molecular weight is 288 g/mol. The molecule has 0 atom stereocenters. The van der Waals surface area contributed by atoms with E-state index in [1.807, 2.05) is 6.92 Å². The van der Waals surface area contributed by atoms with Crippen LogP contribution in [0.15, 0.2) is 36.0 Å². The van der Waals surface area contributed by atoms with Crippen molar-refractivity contribution in [2.24, 2.45) is 0 Å². The molecule has 1 heterocycles. The van der Waals surface area contributed by atoms with Crippen LogP contribution in [0.25, 0.3) is 0 Å². The Morgan fingerprint density at radius 3 is 2.38 bits per heavy atom. The lowest BCUT2D eigenvalue weighted by atomic mass is 10.2. The van der Waals surface area contributed by atoms with Gasteiger partial charge in [-0.05, 0) is 44.0 Å². The molecule has 5 heteroatoms. The topological polar surface area (TPSA) is 58.6 Å². The van der Waals surface area contributed by atoms with Gasteiger partial charge in [-0.2, -0.15) is 0 Å². The third kappa shape index (κ3) is 4.08. The highest BCUT2D eigenvalue weighted by Crippen LogP contribution is 2.15. The van der Waals surface area contributed by atoms with E-state index in [0.717, 1.165) is 18.8 Å². The van der Waals surface area contributed by atoms with Crippen molar-refractivity contribution in [1.29, 1.82) is 0 Å². The third-order valence-corrected chi connectivity index (χ3v) is 3.52. The SMILES string of the molecule is COC(=O)c1ccc(NC(=O)/C=C(/C)N2CCCC2)cc1. The highest BCUT2D eigenvalue weighted by atomic mass is 16.5. The van der Waals surface area contributed by atoms with Crippen LogP contribution in [-0.4, -0.2) is 37.0 Å². The van der Waals surface area contributed by atoms with Crippen LogP contribution < -0.4 is 5.32 Å². The summed E-state index contributed by atoms with van der Waals surface area (Å²) in [6.07, 6.45) is 3.98. The largest absolute Gasteiger partial charge is 0.465 e. The van der Waals surface area contributed by atoms with E-state index in [0.29, 0.717) is 11.3 Å². The summed E-state index contributed by atoms with van der Waals surface area (Å²) in [6.45, 7) is 3.98. The van der Waals surface area contributed by atoms with Crippen molar-refractivity contribution in [3.63, 3.8) is 0 Å². The minimum Gasteiger partial charge on any atom is -0.465 e. The molecule has 0 bridgehead atoms. The quantitative estimate of drug-likeness (QED) is 0.683. The Bertz CT molecular complexity index is 543. The molecule has 1 aromatic carbocycles. The zero-order valence-corrected chi connectivity index (χ0v) is 12.4. The van der Waals surface area contributed by atoms with E-state index in [2.05, 4.69) is 15.0 Å². The lowest BCUT2D eigenvalue weighted by Gasteiger charge is -2.17. The van der Waals surface area contributed by atoms with E-state index in [1.54, 1.807) is 30.3 Å². The molecule has 0 spiro atoms. The summed E-state index contributed by atoms with van der Waals surface area (Å²) in [5, 5.41) is 2.79. The number of hydrogen-bond acceptors (Lipinski definition) is 4. The normalized spacial score (nSPS) is 15.0. The minimum absolute atomic E-state index is 0.162. The number of anilines is 1. The summed E-state index contributed by atoms with van der Waals surface area (Å²) in [7, 11) is 1.34. The van der Waals surface area contributed by atoms with Crippen molar-refractivity contribution in [3.05, 3.63) is 41.6 Å². The molecule has 2 rings (SSSR count). The molecular formula is C16H20N2O3. The van der Waals surface area contributed by atoms with Crippen LogP contribution in [0.4, 0.5) is 5.69 Å². The number of allylic oxidation sites excluding steroid dienone is 1. The molecule has 5 nitrogen and oxygen atoms in total. The summed E-state index contributed by atoms with van der Waals surface area (Å²) in [5.41, 5.74) is 2.09. The molecule has 21 heavy (non-hydrogen) atoms. The fourth-order valence-electron chi connectivity index (χ4n) is 2.34. The highest BCUT2D eigenvalue weighted by molar-refractivity contribution is 6.00. The molecular weight excluding hydrogens is 268 g/mol. The first-order chi connectivity index (χ1) is 10.1. The summed E-state index contributed by atoms with van der Waals surface area (Å²) < 4.78 is 4.63. The number of benzene rings is 1. The number of methoxy groups -OCH3 is 1. The van der Waals surface area contributed by atoms with Crippen LogP contribution in [-0.2, 0) is 9.53 Å². The number of likely N-dealkylation sites (tertiary alicyclic amines) is 1. The van der Waals surface area contributed by atoms with Crippen molar-refractivity contribution in [3.8, 4) is 0 Å². The Balaban J connectivity index is 1.96. The van der Waals surface area contributed by atoms with Crippen LogP contribution in [0.1, 0.15) is 30.1 Å². The van der Waals surface area contributed by atoms with Gasteiger partial charge in [-0.15, -0.1) is 0 Å². The van der Waals surface area contributed by atoms with E-state index in [9.17, 15) is 9.59 Å². The van der Waals surface area contributed by atoms with Gasteiger partial charge in [-0.3, -0.25) is 4.79 Å². The molecule has 0 unspecified atom stereocenters. The second-order valence-corrected chi connectivity index (χ2v) is 5.04. The van der Waals surface area contributed by atoms with Crippen LogP contribution in [0.5, 0.6) is 0 Å². The standard InChI is InChI=1S/C16H20N2O3/c1-12(18-9-3-4-10-18)11-15(19)17-14-7-5-13(6-8-14)16(20)21-2/h5-8,11H,3-4,9-10H2,1-2H3,(H,17,19)/b12-11-. The van der Waals surface area contributed by atoms with Gasteiger partial charge in [0.1, 0.15) is 0 Å². The van der Waals surface area contributed by atoms with Gasteiger partial charge < -0.3 is 15.0 Å². The van der Waals surface area contributed by atoms with Gasteiger partial charge in [0.2, 0.25) is 5.91 Å². The third-order valence-electron chi connectivity index (χ3n) is 3.52. The van der Waals surface area contributed by atoms with Crippen LogP contribution in [0.3, 0.4) is 0 Å². The van der Waals surface area contributed by atoms with Crippen LogP contribution >= 0.6 is 0 Å². The second kappa shape index (κ2) is 6.92. The predicted octanol–water partition coefficient (Wildman–Crippen LogP) is 2.41. The van der Waals surface area contributed by atoms with Gasteiger partial charge in [0.05, 0.1) is 12.7 Å². The second-order valence-electron chi connectivity index (χ2n) is 5.04. The maximum absolute atomic E-state index is 11.9.